The van der Waals surface area contributed by atoms with Gasteiger partial charge in [-0.2, -0.15) is 0 Å². The molecule has 0 unspecified atom stereocenters. The Kier molecular flexibility index (Phi) is 5.42. The Balaban J connectivity index is 1.72. The van der Waals surface area contributed by atoms with Gasteiger partial charge < -0.3 is 9.47 Å². The van der Waals surface area contributed by atoms with Crippen molar-refractivity contribution in [2.24, 2.45) is 0 Å². The number of ether oxygens (including phenoxy) is 2. The SMILES string of the molecule is COCCOC(=O)c1sc2ncn(Cc3cccc4ccccc34)c(=O)c2c1C. The molecule has 2 heterocycles. The Labute approximate surface area is 171 Å². The summed E-state index contributed by atoms with van der Waals surface area (Å²) in [5.74, 6) is -0.456. The van der Waals surface area contributed by atoms with Gasteiger partial charge >= 0.3 is 5.97 Å². The van der Waals surface area contributed by atoms with Crippen LogP contribution >= 0.6 is 11.3 Å². The largest absolute Gasteiger partial charge is 0.459 e. The summed E-state index contributed by atoms with van der Waals surface area (Å²) in [6.45, 7) is 2.66. The van der Waals surface area contributed by atoms with Gasteiger partial charge in [-0.3, -0.25) is 9.36 Å². The predicted molar refractivity (Wildman–Crippen MR) is 114 cm³/mol. The first kappa shape index (κ1) is 19.3. The number of rotatable bonds is 6. The van der Waals surface area contributed by atoms with Gasteiger partial charge in [0.2, 0.25) is 0 Å². The summed E-state index contributed by atoms with van der Waals surface area (Å²) in [6.07, 6.45) is 1.54. The van der Waals surface area contributed by atoms with E-state index in [1.165, 1.54) is 11.3 Å². The fourth-order valence-electron chi connectivity index (χ4n) is 3.36. The minimum absolute atomic E-state index is 0.160. The summed E-state index contributed by atoms with van der Waals surface area (Å²) in [7, 11) is 1.54. The third kappa shape index (κ3) is 3.66. The zero-order valence-electron chi connectivity index (χ0n) is 16.2. The molecule has 6 nitrogen and oxygen atoms in total. The number of thiophene rings is 1. The standard InChI is InChI=1S/C22H20N2O4S/c1-14-18-20(29-19(14)22(26)28-11-10-27-2)23-13-24(21(18)25)12-16-8-5-7-15-6-3-4-9-17(15)16/h3-9,13H,10-12H2,1-2H3. The Hall–Kier alpha value is -3.03. The fourth-order valence-corrected chi connectivity index (χ4v) is 4.40. The second-order valence-electron chi connectivity index (χ2n) is 6.68. The number of hydrogen-bond donors (Lipinski definition) is 0. The Bertz CT molecular complexity index is 1250. The summed E-state index contributed by atoms with van der Waals surface area (Å²) in [5.41, 5.74) is 1.49. The molecule has 0 aliphatic heterocycles. The molecule has 7 heteroatoms. The molecule has 0 bridgehead atoms. The molecule has 0 spiro atoms. The van der Waals surface area contributed by atoms with Crippen LogP contribution in [0.5, 0.6) is 0 Å². The topological polar surface area (TPSA) is 70.4 Å². The molecule has 2 aromatic carbocycles. The summed E-state index contributed by atoms with van der Waals surface area (Å²) in [6, 6.07) is 14.1. The molecule has 0 aliphatic rings. The highest BCUT2D eigenvalue weighted by atomic mass is 32.1. The lowest BCUT2D eigenvalue weighted by atomic mass is 10.0. The van der Waals surface area contributed by atoms with Gasteiger partial charge in [0.15, 0.2) is 0 Å². The molecular formula is C22H20N2O4S. The van der Waals surface area contributed by atoms with Crippen molar-refractivity contribution in [2.75, 3.05) is 20.3 Å². The van der Waals surface area contributed by atoms with E-state index in [9.17, 15) is 9.59 Å². The monoisotopic (exact) mass is 408 g/mol. The number of hydrogen-bond acceptors (Lipinski definition) is 6. The highest BCUT2D eigenvalue weighted by molar-refractivity contribution is 7.20. The number of methoxy groups -OCH3 is 1. The van der Waals surface area contributed by atoms with Crippen LogP contribution in [0.25, 0.3) is 21.0 Å². The molecule has 4 rings (SSSR count). The summed E-state index contributed by atoms with van der Waals surface area (Å²) in [4.78, 5) is 30.9. The summed E-state index contributed by atoms with van der Waals surface area (Å²) < 4.78 is 11.7. The number of carbonyl (C=O) groups excluding carboxylic acids is 1. The second kappa shape index (κ2) is 8.14. The van der Waals surface area contributed by atoms with Crippen LogP contribution in [0.1, 0.15) is 20.8 Å². The third-order valence-corrected chi connectivity index (χ3v) is 6.02. The molecule has 148 valence electrons. The predicted octanol–water partition coefficient (Wildman–Crippen LogP) is 3.77. The Morgan fingerprint density at radius 1 is 1.14 bits per heavy atom. The molecule has 0 aliphatic carbocycles. The van der Waals surface area contributed by atoms with Gasteiger partial charge in [-0.25, -0.2) is 9.78 Å². The lowest BCUT2D eigenvalue weighted by Gasteiger charge is -2.09. The second-order valence-corrected chi connectivity index (χ2v) is 7.68. The van der Waals surface area contributed by atoms with Crippen LogP contribution in [-0.4, -0.2) is 35.8 Å². The van der Waals surface area contributed by atoms with E-state index in [4.69, 9.17) is 9.47 Å². The van der Waals surface area contributed by atoms with Crippen LogP contribution in [0, 0.1) is 6.92 Å². The first-order chi connectivity index (χ1) is 14.1. The number of carbonyl (C=O) groups is 1. The summed E-state index contributed by atoms with van der Waals surface area (Å²) in [5, 5.41) is 2.70. The molecule has 0 saturated heterocycles. The van der Waals surface area contributed by atoms with Gasteiger partial charge in [0.05, 0.1) is 24.9 Å². The molecule has 0 amide bonds. The van der Waals surface area contributed by atoms with Crippen molar-refractivity contribution in [3.05, 3.63) is 75.1 Å². The molecule has 0 N–H and O–H groups in total. The molecule has 2 aromatic heterocycles. The molecule has 4 aromatic rings. The van der Waals surface area contributed by atoms with E-state index in [1.807, 2.05) is 42.5 Å². The van der Waals surface area contributed by atoms with E-state index in [0.717, 1.165) is 16.3 Å². The van der Waals surface area contributed by atoms with E-state index in [1.54, 1.807) is 24.9 Å². The highest BCUT2D eigenvalue weighted by Gasteiger charge is 2.20. The first-order valence-electron chi connectivity index (χ1n) is 9.21. The van der Waals surface area contributed by atoms with Gasteiger partial charge in [-0.1, -0.05) is 42.5 Å². The minimum atomic E-state index is -0.456. The van der Waals surface area contributed by atoms with E-state index < -0.39 is 5.97 Å². The smallest absolute Gasteiger partial charge is 0.348 e. The average molecular weight is 408 g/mol. The zero-order valence-corrected chi connectivity index (χ0v) is 17.0. The van der Waals surface area contributed by atoms with E-state index in [-0.39, 0.29) is 12.2 Å². The number of aromatic nitrogens is 2. The van der Waals surface area contributed by atoms with Gasteiger partial charge in [0.25, 0.3) is 5.56 Å². The van der Waals surface area contributed by atoms with Gasteiger partial charge in [-0.15, -0.1) is 11.3 Å². The maximum absolute atomic E-state index is 13.1. The minimum Gasteiger partial charge on any atom is -0.459 e. The van der Waals surface area contributed by atoms with E-state index in [2.05, 4.69) is 4.98 Å². The lowest BCUT2D eigenvalue weighted by molar-refractivity contribution is 0.0393. The van der Waals surface area contributed by atoms with Crippen molar-refractivity contribution < 1.29 is 14.3 Å². The molecule has 0 fully saturated rings. The number of esters is 1. The normalized spacial score (nSPS) is 11.2. The van der Waals surface area contributed by atoms with Gasteiger partial charge in [0.1, 0.15) is 16.3 Å². The summed E-state index contributed by atoms with van der Waals surface area (Å²) >= 11 is 1.18. The quantitative estimate of drug-likeness (QED) is 0.359. The lowest BCUT2D eigenvalue weighted by Crippen LogP contribution is -2.21. The van der Waals surface area contributed by atoms with Crippen molar-refractivity contribution >= 4 is 38.3 Å². The van der Waals surface area contributed by atoms with E-state index >= 15 is 0 Å². The van der Waals surface area contributed by atoms with Crippen molar-refractivity contribution in [3.8, 4) is 0 Å². The van der Waals surface area contributed by atoms with Crippen LogP contribution in [0.3, 0.4) is 0 Å². The van der Waals surface area contributed by atoms with Crippen LogP contribution in [0.2, 0.25) is 0 Å². The van der Waals surface area contributed by atoms with Crippen LogP contribution < -0.4 is 5.56 Å². The van der Waals surface area contributed by atoms with Crippen molar-refractivity contribution in [1.82, 2.24) is 9.55 Å². The van der Waals surface area contributed by atoms with Crippen molar-refractivity contribution in [1.29, 1.82) is 0 Å². The number of nitrogens with zero attached hydrogens (tertiary/aromatic N) is 2. The van der Waals surface area contributed by atoms with E-state index in [0.29, 0.717) is 33.8 Å². The number of fused-ring (bicyclic) bond motifs is 2. The van der Waals surface area contributed by atoms with Crippen LogP contribution in [0.15, 0.2) is 53.6 Å². The van der Waals surface area contributed by atoms with Crippen molar-refractivity contribution in [3.63, 3.8) is 0 Å². The molecule has 29 heavy (non-hydrogen) atoms. The van der Waals surface area contributed by atoms with Gasteiger partial charge in [-0.05, 0) is 28.8 Å². The Morgan fingerprint density at radius 3 is 2.76 bits per heavy atom. The molecule has 0 saturated carbocycles. The Morgan fingerprint density at radius 2 is 1.93 bits per heavy atom. The maximum Gasteiger partial charge on any atom is 0.348 e. The number of benzene rings is 2. The van der Waals surface area contributed by atoms with Gasteiger partial charge in [0, 0.05) is 7.11 Å². The average Bonchev–Trinajstić information content (AvgIpc) is 3.07. The van der Waals surface area contributed by atoms with Crippen molar-refractivity contribution in [2.45, 2.75) is 13.5 Å². The maximum atomic E-state index is 13.1. The molecule has 0 atom stereocenters. The molecular weight excluding hydrogens is 388 g/mol. The van der Waals surface area contributed by atoms with Crippen LogP contribution in [0.4, 0.5) is 0 Å². The first-order valence-corrected chi connectivity index (χ1v) is 10.0. The van der Waals surface area contributed by atoms with Crippen LogP contribution in [-0.2, 0) is 16.0 Å². The highest BCUT2D eigenvalue weighted by Crippen LogP contribution is 2.27. The number of aryl methyl sites for hydroxylation is 1. The zero-order chi connectivity index (χ0) is 20.4. The molecule has 0 radical (unpaired) electrons. The third-order valence-electron chi connectivity index (χ3n) is 4.84. The fraction of sp³-hybridized carbons (Fsp3) is 0.227.